The van der Waals surface area contributed by atoms with E-state index in [1.54, 1.807) is 44.4 Å². The Morgan fingerprint density at radius 2 is 1.69 bits per heavy atom. The molecule has 0 radical (unpaired) electrons. The number of carbonyl (C=O) groups is 2. The fourth-order valence-electron chi connectivity index (χ4n) is 3.02. The van der Waals surface area contributed by atoms with Crippen molar-refractivity contribution in [3.63, 3.8) is 0 Å². The molecule has 0 spiro atoms. The van der Waals surface area contributed by atoms with E-state index in [-0.39, 0.29) is 17.6 Å². The van der Waals surface area contributed by atoms with E-state index in [1.165, 1.54) is 4.90 Å². The molecule has 4 rings (SSSR count). The van der Waals surface area contributed by atoms with Gasteiger partial charge in [-0.1, -0.05) is 42.5 Å². The van der Waals surface area contributed by atoms with Crippen LogP contribution in [0.15, 0.2) is 88.2 Å². The van der Waals surface area contributed by atoms with Crippen LogP contribution in [0.3, 0.4) is 0 Å². The molecule has 162 valence electrons. The van der Waals surface area contributed by atoms with Gasteiger partial charge in [-0.2, -0.15) is 0 Å². The zero-order valence-corrected chi connectivity index (χ0v) is 18.5. The zero-order chi connectivity index (χ0) is 22.5. The molecule has 7 heteroatoms. The van der Waals surface area contributed by atoms with Gasteiger partial charge >= 0.3 is 0 Å². The number of anilines is 1. The van der Waals surface area contributed by atoms with Crippen molar-refractivity contribution < 1.29 is 18.7 Å². The Morgan fingerprint density at radius 1 is 0.938 bits per heavy atom. The maximum Gasteiger partial charge on any atom is 0.291 e. The second-order valence-corrected chi connectivity index (χ2v) is 8.27. The predicted molar refractivity (Wildman–Crippen MR) is 126 cm³/mol. The van der Waals surface area contributed by atoms with Crippen LogP contribution in [0.25, 0.3) is 10.8 Å². The number of nitrogens with zero attached hydrogens (tertiary/aromatic N) is 1. The Bertz CT molecular complexity index is 1270. The average molecular weight is 447 g/mol. The standard InChI is InChI=1S/C25H22N2O4S/c1-27(2)25(29)32-23-10-6-5-9-21(23)26-24(28)22-14-13-20(31-22)16-30-19-12-11-17-7-3-4-8-18(17)15-19/h3-15H,16H2,1-2H3,(H,26,28). The molecule has 0 aliphatic rings. The van der Waals surface area contributed by atoms with Crippen LogP contribution in [-0.2, 0) is 6.61 Å². The fourth-order valence-corrected chi connectivity index (χ4v) is 3.76. The van der Waals surface area contributed by atoms with Gasteiger partial charge in [0.1, 0.15) is 18.1 Å². The highest BCUT2D eigenvalue weighted by Gasteiger charge is 2.16. The molecule has 0 fully saturated rings. The van der Waals surface area contributed by atoms with Gasteiger partial charge in [0.2, 0.25) is 0 Å². The van der Waals surface area contributed by atoms with E-state index in [0.717, 1.165) is 28.3 Å². The molecule has 0 aliphatic heterocycles. The number of ether oxygens (including phenoxy) is 1. The summed E-state index contributed by atoms with van der Waals surface area (Å²) in [7, 11) is 3.36. The minimum atomic E-state index is -0.396. The highest BCUT2D eigenvalue weighted by atomic mass is 32.2. The third-order valence-corrected chi connectivity index (χ3v) is 5.80. The molecule has 3 aromatic carbocycles. The Hall–Kier alpha value is -3.71. The van der Waals surface area contributed by atoms with Crippen molar-refractivity contribution in [3.05, 3.63) is 90.4 Å². The molecule has 0 atom stereocenters. The van der Waals surface area contributed by atoms with Gasteiger partial charge in [-0.3, -0.25) is 9.59 Å². The first-order valence-corrected chi connectivity index (χ1v) is 10.8. The van der Waals surface area contributed by atoms with Crippen molar-refractivity contribution in [2.45, 2.75) is 11.5 Å². The number of para-hydroxylation sites is 1. The molecule has 32 heavy (non-hydrogen) atoms. The third-order valence-electron chi connectivity index (χ3n) is 4.69. The molecule has 0 saturated heterocycles. The first kappa shape index (κ1) is 21.5. The van der Waals surface area contributed by atoms with Gasteiger partial charge in [0.15, 0.2) is 5.76 Å². The van der Waals surface area contributed by atoms with E-state index in [4.69, 9.17) is 9.15 Å². The van der Waals surface area contributed by atoms with Crippen LogP contribution < -0.4 is 10.1 Å². The quantitative estimate of drug-likeness (QED) is 0.366. The Kier molecular flexibility index (Phi) is 6.47. The lowest BCUT2D eigenvalue weighted by molar-refractivity contribution is 0.0992. The van der Waals surface area contributed by atoms with Gasteiger partial charge in [-0.15, -0.1) is 0 Å². The molecule has 6 nitrogen and oxygen atoms in total. The summed E-state index contributed by atoms with van der Waals surface area (Å²) in [5, 5.41) is 4.92. The average Bonchev–Trinajstić information content (AvgIpc) is 3.28. The van der Waals surface area contributed by atoms with Crippen LogP contribution in [0.2, 0.25) is 0 Å². The number of amides is 2. The van der Waals surface area contributed by atoms with Crippen LogP contribution in [0.1, 0.15) is 16.3 Å². The topological polar surface area (TPSA) is 71.8 Å². The molecule has 0 aliphatic carbocycles. The summed E-state index contributed by atoms with van der Waals surface area (Å²) in [6.07, 6.45) is 0. The fraction of sp³-hybridized carbons (Fsp3) is 0.120. The number of nitrogens with one attached hydrogen (secondary N) is 1. The second kappa shape index (κ2) is 9.62. The zero-order valence-electron chi connectivity index (χ0n) is 17.7. The molecule has 1 N–H and O–H groups in total. The van der Waals surface area contributed by atoms with Crippen molar-refractivity contribution >= 4 is 39.4 Å². The van der Waals surface area contributed by atoms with E-state index < -0.39 is 5.91 Å². The summed E-state index contributed by atoms with van der Waals surface area (Å²) in [4.78, 5) is 26.8. The van der Waals surface area contributed by atoms with E-state index in [0.29, 0.717) is 16.3 Å². The van der Waals surface area contributed by atoms with E-state index >= 15 is 0 Å². The summed E-state index contributed by atoms with van der Waals surface area (Å²) in [5.74, 6) is 1.03. The number of furan rings is 1. The van der Waals surface area contributed by atoms with Crippen LogP contribution in [0.5, 0.6) is 5.75 Å². The van der Waals surface area contributed by atoms with Crippen LogP contribution >= 0.6 is 11.8 Å². The van der Waals surface area contributed by atoms with Crippen molar-refractivity contribution in [2.24, 2.45) is 0 Å². The molecule has 0 saturated carbocycles. The summed E-state index contributed by atoms with van der Waals surface area (Å²) in [5.41, 5.74) is 0.545. The van der Waals surface area contributed by atoms with E-state index in [1.807, 2.05) is 48.5 Å². The summed E-state index contributed by atoms with van der Waals surface area (Å²) in [6, 6.07) is 24.4. The van der Waals surface area contributed by atoms with Gasteiger partial charge in [-0.25, -0.2) is 0 Å². The summed E-state index contributed by atoms with van der Waals surface area (Å²) < 4.78 is 11.5. The monoisotopic (exact) mass is 446 g/mol. The van der Waals surface area contributed by atoms with Gasteiger partial charge in [0.05, 0.1) is 5.69 Å². The summed E-state index contributed by atoms with van der Waals surface area (Å²) in [6.45, 7) is 0.204. The number of carbonyl (C=O) groups excluding carboxylic acids is 2. The maximum absolute atomic E-state index is 12.7. The largest absolute Gasteiger partial charge is 0.486 e. The maximum atomic E-state index is 12.7. The lowest BCUT2D eigenvalue weighted by Gasteiger charge is -2.12. The second-order valence-electron chi connectivity index (χ2n) is 7.28. The highest BCUT2D eigenvalue weighted by molar-refractivity contribution is 8.13. The Morgan fingerprint density at radius 3 is 2.50 bits per heavy atom. The first-order chi connectivity index (χ1) is 15.5. The normalized spacial score (nSPS) is 10.7. The van der Waals surface area contributed by atoms with Crippen molar-refractivity contribution in [2.75, 3.05) is 19.4 Å². The molecule has 2 amide bonds. The lowest BCUT2D eigenvalue weighted by Crippen LogP contribution is -2.17. The van der Waals surface area contributed by atoms with Gasteiger partial charge in [0, 0.05) is 19.0 Å². The molecule has 1 heterocycles. The number of hydrogen-bond donors (Lipinski definition) is 1. The SMILES string of the molecule is CN(C)C(=O)Sc1ccccc1NC(=O)c1ccc(COc2ccc3ccccc3c2)o1. The molecule has 4 aromatic rings. The minimum Gasteiger partial charge on any atom is -0.486 e. The third kappa shape index (κ3) is 5.12. The van der Waals surface area contributed by atoms with Crippen molar-refractivity contribution in [1.82, 2.24) is 4.90 Å². The first-order valence-electron chi connectivity index (χ1n) is 9.99. The molecule has 1 aromatic heterocycles. The molecular formula is C25H22N2O4S. The van der Waals surface area contributed by atoms with Crippen LogP contribution in [0, 0.1) is 0 Å². The predicted octanol–water partition coefficient (Wildman–Crippen LogP) is 6.04. The van der Waals surface area contributed by atoms with E-state index in [2.05, 4.69) is 5.32 Å². The Labute approximate surface area is 190 Å². The van der Waals surface area contributed by atoms with Crippen molar-refractivity contribution in [3.8, 4) is 5.75 Å². The lowest BCUT2D eigenvalue weighted by atomic mass is 10.1. The number of rotatable bonds is 6. The van der Waals surface area contributed by atoms with Gasteiger partial charge in [-0.05, 0) is 58.9 Å². The number of thioether (sulfide) groups is 1. The molecule has 0 unspecified atom stereocenters. The number of fused-ring (bicyclic) bond motifs is 1. The van der Waals surface area contributed by atoms with Gasteiger partial charge in [0.25, 0.3) is 11.1 Å². The van der Waals surface area contributed by atoms with Crippen LogP contribution in [0.4, 0.5) is 10.5 Å². The van der Waals surface area contributed by atoms with Crippen LogP contribution in [-0.4, -0.2) is 30.1 Å². The number of hydrogen-bond acceptors (Lipinski definition) is 5. The number of benzene rings is 3. The highest BCUT2D eigenvalue weighted by Crippen LogP contribution is 2.29. The molecule has 0 bridgehead atoms. The van der Waals surface area contributed by atoms with Gasteiger partial charge < -0.3 is 19.4 Å². The Balaban J connectivity index is 1.40. The minimum absolute atomic E-state index is 0.127. The summed E-state index contributed by atoms with van der Waals surface area (Å²) >= 11 is 1.05. The smallest absolute Gasteiger partial charge is 0.291 e. The van der Waals surface area contributed by atoms with Crippen molar-refractivity contribution in [1.29, 1.82) is 0 Å². The molecular weight excluding hydrogens is 424 g/mol. The van der Waals surface area contributed by atoms with E-state index in [9.17, 15) is 9.59 Å².